The largest absolute Gasteiger partial charge is 0.497 e. The van der Waals surface area contributed by atoms with Gasteiger partial charge in [0.15, 0.2) is 0 Å². The molecule has 34 heavy (non-hydrogen) atoms. The number of aliphatic carboxylic acids is 1. The molecule has 1 aliphatic rings. The summed E-state index contributed by atoms with van der Waals surface area (Å²) in [6.45, 7) is 3.01. The van der Waals surface area contributed by atoms with Crippen molar-refractivity contribution in [1.29, 1.82) is 0 Å². The minimum Gasteiger partial charge on any atom is -0.497 e. The van der Waals surface area contributed by atoms with Gasteiger partial charge in [0.05, 0.1) is 25.1 Å². The number of carbonyl (C=O) groups is 1. The Morgan fingerprint density at radius 2 is 1.79 bits per heavy atom. The SMILES string of the molecule is COc1cc(F)cc(-c2c(C)nn(C[C@H]3CC[C@H](COCC(=O)O)CC3)c2-c2ccccc2)c1. The second-order valence-electron chi connectivity index (χ2n) is 9.03. The Balaban J connectivity index is 1.59. The molecule has 0 aliphatic heterocycles. The van der Waals surface area contributed by atoms with Crippen molar-refractivity contribution in [3.63, 3.8) is 0 Å². The van der Waals surface area contributed by atoms with Crippen LogP contribution in [-0.4, -0.2) is 41.2 Å². The predicted octanol–water partition coefficient (Wildman–Crippen LogP) is 5.58. The summed E-state index contributed by atoms with van der Waals surface area (Å²) in [7, 11) is 1.54. The highest BCUT2D eigenvalue weighted by Gasteiger charge is 2.25. The topological polar surface area (TPSA) is 73.6 Å². The molecule has 0 bridgehead atoms. The Labute approximate surface area is 199 Å². The Morgan fingerprint density at radius 1 is 1.09 bits per heavy atom. The molecule has 1 fully saturated rings. The third-order valence-corrected chi connectivity index (χ3v) is 6.55. The van der Waals surface area contributed by atoms with Crippen LogP contribution in [0.4, 0.5) is 4.39 Å². The number of aryl methyl sites for hydroxylation is 1. The van der Waals surface area contributed by atoms with Crippen LogP contribution in [0.15, 0.2) is 48.5 Å². The third-order valence-electron chi connectivity index (χ3n) is 6.55. The molecule has 180 valence electrons. The zero-order valence-electron chi connectivity index (χ0n) is 19.7. The molecule has 0 saturated heterocycles. The number of carboxylic acids is 1. The molecule has 1 N–H and O–H groups in total. The molecule has 1 saturated carbocycles. The monoisotopic (exact) mass is 466 g/mol. The van der Waals surface area contributed by atoms with E-state index in [1.807, 2.05) is 31.2 Å². The van der Waals surface area contributed by atoms with Crippen LogP contribution in [0.25, 0.3) is 22.4 Å². The first-order valence-corrected chi connectivity index (χ1v) is 11.7. The van der Waals surface area contributed by atoms with Crippen molar-refractivity contribution in [1.82, 2.24) is 9.78 Å². The van der Waals surface area contributed by atoms with Crippen molar-refractivity contribution in [3.8, 4) is 28.1 Å². The molecule has 2 aromatic carbocycles. The van der Waals surface area contributed by atoms with Crippen LogP contribution >= 0.6 is 0 Å². The summed E-state index contributed by atoms with van der Waals surface area (Å²) in [6.07, 6.45) is 4.10. The average molecular weight is 467 g/mol. The van der Waals surface area contributed by atoms with Crippen LogP contribution in [0.1, 0.15) is 31.4 Å². The average Bonchev–Trinajstić information content (AvgIpc) is 3.15. The lowest BCUT2D eigenvalue weighted by Gasteiger charge is -2.28. The fourth-order valence-corrected chi connectivity index (χ4v) is 4.91. The Morgan fingerprint density at radius 3 is 2.47 bits per heavy atom. The summed E-state index contributed by atoms with van der Waals surface area (Å²) < 4.78 is 27.1. The first-order chi connectivity index (χ1) is 16.4. The molecule has 1 aromatic heterocycles. The normalized spacial score (nSPS) is 18.1. The lowest BCUT2D eigenvalue weighted by atomic mass is 9.82. The molecule has 7 heteroatoms. The van der Waals surface area contributed by atoms with Gasteiger partial charge in [0.25, 0.3) is 0 Å². The summed E-state index contributed by atoms with van der Waals surface area (Å²) in [5, 5.41) is 13.7. The Hall–Kier alpha value is -3.19. The number of hydrogen-bond acceptors (Lipinski definition) is 4. The van der Waals surface area contributed by atoms with Crippen molar-refractivity contribution in [3.05, 3.63) is 60.0 Å². The predicted molar refractivity (Wildman–Crippen MR) is 128 cm³/mol. The molecule has 6 nitrogen and oxygen atoms in total. The minimum absolute atomic E-state index is 0.236. The maximum atomic E-state index is 14.4. The van der Waals surface area contributed by atoms with E-state index in [2.05, 4.69) is 16.8 Å². The molecule has 0 amide bonds. The minimum atomic E-state index is -0.928. The molecule has 0 unspecified atom stereocenters. The highest BCUT2D eigenvalue weighted by molar-refractivity contribution is 5.83. The third kappa shape index (κ3) is 5.65. The molecule has 3 aromatic rings. The zero-order chi connectivity index (χ0) is 24.1. The second-order valence-corrected chi connectivity index (χ2v) is 9.03. The first-order valence-electron chi connectivity index (χ1n) is 11.7. The number of halogens is 1. The lowest BCUT2D eigenvalue weighted by Crippen LogP contribution is -2.23. The van der Waals surface area contributed by atoms with E-state index in [4.69, 9.17) is 19.7 Å². The van der Waals surface area contributed by atoms with Crippen molar-refractivity contribution in [2.24, 2.45) is 11.8 Å². The van der Waals surface area contributed by atoms with E-state index < -0.39 is 5.97 Å². The van der Waals surface area contributed by atoms with E-state index in [9.17, 15) is 9.18 Å². The Kier molecular flexibility index (Phi) is 7.63. The van der Waals surface area contributed by atoms with E-state index in [-0.39, 0.29) is 12.4 Å². The van der Waals surface area contributed by atoms with Crippen molar-refractivity contribution >= 4 is 5.97 Å². The van der Waals surface area contributed by atoms with Crippen LogP contribution in [0.5, 0.6) is 5.75 Å². The van der Waals surface area contributed by atoms with E-state index in [1.165, 1.54) is 19.2 Å². The number of benzene rings is 2. The Bertz CT molecular complexity index is 1120. The van der Waals surface area contributed by atoms with Gasteiger partial charge in [-0.05, 0) is 62.1 Å². The van der Waals surface area contributed by atoms with Crippen LogP contribution in [0.3, 0.4) is 0 Å². The van der Waals surface area contributed by atoms with Crippen LogP contribution in [0.2, 0.25) is 0 Å². The van der Waals surface area contributed by atoms with E-state index in [0.29, 0.717) is 24.2 Å². The highest BCUT2D eigenvalue weighted by Crippen LogP contribution is 2.38. The fourth-order valence-electron chi connectivity index (χ4n) is 4.91. The molecule has 1 aliphatic carbocycles. The first kappa shape index (κ1) is 24.0. The molecular weight excluding hydrogens is 435 g/mol. The van der Waals surface area contributed by atoms with Gasteiger partial charge in [-0.2, -0.15) is 5.10 Å². The van der Waals surface area contributed by atoms with Gasteiger partial charge in [0, 0.05) is 23.7 Å². The van der Waals surface area contributed by atoms with Crippen LogP contribution in [-0.2, 0) is 16.1 Å². The van der Waals surface area contributed by atoms with E-state index in [0.717, 1.165) is 60.3 Å². The molecule has 0 spiro atoms. The zero-order valence-corrected chi connectivity index (χ0v) is 19.7. The second kappa shape index (κ2) is 10.8. The van der Waals surface area contributed by atoms with Gasteiger partial charge in [0.1, 0.15) is 18.2 Å². The van der Waals surface area contributed by atoms with Crippen LogP contribution < -0.4 is 4.74 Å². The maximum absolute atomic E-state index is 14.4. The fraction of sp³-hybridized carbons (Fsp3) is 0.407. The number of ether oxygens (including phenoxy) is 2. The molecule has 4 rings (SSSR count). The standard InChI is InChI=1S/C27H31FN2O4/c1-18-26(22-12-23(28)14-24(13-22)33-2)27(21-6-4-3-5-7-21)30(29-18)15-19-8-10-20(11-9-19)16-34-17-25(31)32/h3-7,12-14,19-20H,8-11,15-17H2,1-2H3,(H,31,32)/t19-,20-. The highest BCUT2D eigenvalue weighted by atomic mass is 19.1. The number of aromatic nitrogens is 2. The molecule has 0 radical (unpaired) electrons. The molecule has 1 heterocycles. The van der Waals surface area contributed by atoms with Gasteiger partial charge >= 0.3 is 5.97 Å². The van der Waals surface area contributed by atoms with Crippen molar-refractivity contribution in [2.75, 3.05) is 20.3 Å². The quantitative estimate of drug-likeness (QED) is 0.446. The van der Waals surface area contributed by atoms with Crippen LogP contribution in [0, 0.1) is 24.6 Å². The summed E-state index contributed by atoms with van der Waals surface area (Å²) in [5.74, 6) is 0.0719. The molecular formula is C27H31FN2O4. The lowest BCUT2D eigenvalue weighted by molar-refractivity contribution is -0.142. The number of carboxylic acid groups (broad SMARTS) is 1. The number of nitrogens with zero attached hydrogens (tertiary/aromatic N) is 2. The van der Waals surface area contributed by atoms with E-state index in [1.54, 1.807) is 0 Å². The van der Waals surface area contributed by atoms with Gasteiger partial charge in [-0.1, -0.05) is 30.3 Å². The number of rotatable bonds is 9. The van der Waals surface area contributed by atoms with Gasteiger partial charge in [-0.25, -0.2) is 9.18 Å². The van der Waals surface area contributed by atoms with Crippen molar-refractivity contribution in [2.45, 2.75) is 39.2 Å². The van der Waals surface area contributed by atoms with Crippen molar-refractivity contribution < 1.29 is 23.8 Å². The summed E-state index contributed by atoms with van der Waals surface area (Å²) >= 11 is 0. The van der Waals surface area contributed by atoms with Gasteiger partial charge < -0.3 is 14.6 Å². The molecule has 0 atom stereocenters. The van der Waals surface area contributed by atoms with Gasteiger partial charge in [-0.3, -0.25) is 4.68 Å². The van der Waals surface area contributed by atoms with Gasteiger partial charge in [-0.15, -0.1) is 0 Å². The summed E-state index contributed by atoms with van der Waals surface area (Å²) in [5.41, 5.74) is 4.54. The summed E-state index contributed by atoms with van der Waals surface area (Å²) in [4.78, 5) is 10.7. The smallest absolute Gasteiger partial charge is 0.329 e. The number of hydrogen-bond donors (Lipinski definition) is 1. The number of methoxy groups -OCH3 is 1. The summed E-state index contributed by atoms with van der Waals surface area (Å²) in [6, 6.07) is 14.9. The van der Waals surface area contributed by atoms with E-state index >= 15 is 0 Å². The van der Waals surface area contributed by atoms with Gasteiger partial charge in [0.2, 0.25) is 0 Å². The maximum Gasteiger partial charge on any atom is 0.329 e.